The molecule has 1 N–H and O–H groups in total. The molecular weight excluding hydrogens is 360 g/mol. The number of ether oxygens (including phenoxy) is 2. The molecule has 0 amide bonds. The molecule has 0 aliphatic heterocycles. The quantitative estimate of drug-likeness (QED) is 0.600. The van der Waals surface area contributed by atoms with E-state index in [1.54, 1.807) is 12.1 Å². The Balaban J connectivity index is 2.46. The van der Waals surface area contributed by atoms with Crippen LogP contribution in [0, 0.1) is 6.92 Å². The van der Waals surface area contributed by atoms with Crippen LogP contribution in [0.25, 0.3) is 0 Å². The van der Waals surface area contributed by atoms with Crippen LogP contribution in [0.5, 0.6) is 0 Å². The fourth-order valence-corrected chi connectivity index (χ4v) is 3.28. The Bertz CT molecular complexity index is 893. The monoisotopic (exact) mass is 378 g/mol. The van der Waals surface area contributed by atoms with Gasteiger partial charge in [-0.05, 0) is 31.2 Å². The third kappa shape index (κ3) is 4.17. The molecule has 9 heteroatoms. The summed E-state index contributed by atoms with van der Waals surface area (Å²) < 4.78 is 36.8. The van der Waals surface area contributed by atoms with Gasteiger partial charge in [-0.1, -0.05) is 17.7 Å². The first-order chi connectivity index (χ1) is 12.3. The van der Waals surface area contributed by atoms with E-state index in [2.05, 4.69) is 19.2 Å². The van der Waals surface area contributed by atoms with E-state index in [0.29, 0.717) is 0 Å². The number of aryl methyl sites for hydroxylation is 1. The van der Waals surface area contributed by atoms with Crippen molar-refractivity contribution in [3.63, 3.8) is 0 Å². The highest BCUT2D eigenvalue weighted by molar-refractivity contribution is 7.92. The van der Waals surface area contributed by atoms with E-state index < -0.39 is 27.9 Å². The molecule has 0 atom stereocenters. The maximum atomic E-state index is 12.6. The number of aromatic nitrogens is 1. The molecule has 0 fully saturated rings. The number of nitrogens with zero attached hydrogens (tertiary/aromatic N) is 1. The zero-order chi connectivity index (χ0) is 19.3. The van der Waals surface area contributed by atoms with Gasteiger partial charge in [-0.15, -0.1) is 0 Å². The van der Waals surface area contributed by atoms with E-state index in [-0.39, 0.29) is 16.3 Å². The van der Waals surface area contributed by atoms with Crippen molar-refractivity contribution in [2.24, 2.45) is 0 Å². The van der Waals surface area contributed by atoms with Crippen LogP contribution in [-0.2, 0) is 29.1 Å². The molecule has 0 aliphatic rings. The van der Waals surface area contributed by atoms with Crippen LogP contribution in [0.3, 0.4) is 0 Å². The van der Waals surface area contributed by atoms with Gasteiger partial charge in [0.25, 0.3) is 10.0 Å². The Hall–Kier alpha value is -2.94. The van der Waals surface area contributed by atoms with Crippen LogP contribution >= 0.6 is 0 Å². The number of methoxy groups -OCH3 is 2. The third-order valence-electron chi connectivity index (χ3n) is 3.56. The lowest BCUT2D eigenvalue weighted by Gasteiger charge is -2.16. The van der Waals surface area contributed by atoms with Crippen molar-refractivity contribution in [2.45, 2.75) is 17.7 Å². The molecule has 2 aromatic rings. The second kappa shape index (κ2) is 7.96. The van der Waals surface area contributed by atoms with Crippen molar-refractivity contribution >= 4 is 27.6 Å². The molecule has 8 nitrogen and oxygen atoms in total. The minimum atomic E-state index is -3.95. The summed E-state index contributed by atoms with van der Waals surface area (Å²) in [6.45, 7) is 1.83. The van der Waals surface area contributed by atoms with Crippen LogP contribution in [0.1, 0.15) is 17.2 Å². The summed E-state index contributed by atoms with van der Waals surface area (Å²) in [5.41, 5.74) is 0.776. The molecule has 1 heterocycles. The highest BCUT2D eigenvalue weighted by atomic mass is 32.2. The molecule has 0 saturated heterocycles. The van der Waals surface area contributed by atoms with E-state index in [9.17, 15) is 18.0 Å². The number of hydrogen-bond donors (Lipinski definition) is 1. The first-order valence-electron chi connectivity index (χ1n) is 7.50. The molecule has 2 rings (SSSR count). The minimum absolute atomic E-state index is 0.0196. The van der Waals surface area contributed by atoms with Gasteiger partial charge in [-0.3, -0.25) is 19.3 Å². The molecule has 0 saturated carbocycles. The van der Waals surface area contributed by atoms with E-state index in [1.807, 2.05) is 6.92 Å². The minimum Gasteiger partial charge on any atom is -0.468 e. The molecule has 138 valence electrons. The van der Waals surface area contributed by atoms with Gasteiger partial charge >= 0.3 is 11.9 Å². The number of hydrogen-bond acceptors (Lipinski definition) is 7. The first-order valence-corrected chi connectivity index (χ1v) is 8.98. The predicted molar refractivity (Wildman–Crippen MR) is 93.0 cm³/mol. The van der Waals surface area contributed by atoms with Gasteiger partial charge in [0.05, 0.1) is 30.5 Å². The zero-order valence-corrected chi connectivity index (χ0v) is 15.2. The van der Waals surface area contributed by atoms with Gasteiger partial charge in [0.15, 0.2) is 5.92 Å². The highest BCUT2D eigenvalue weighted by Crippen LogP contribution is 2.27. The van der Waals surface area contributed by atoms with E-state index >= 15 is 0 Å². The van der Waals surface area contributed by atoms with Gasteiger partial charge in [-0.25, -0.2) is 8.42 Å². The summed E-state index contributed by atoms with van der Waals surface area (Å²) in [5, 5.41) is 0. The molecule has 0 radical (unpaired) electrons. The average Bonchev–Trinajstić information content (AvgIpc) is 2.63. The van der Waals surface area contributed by atoms with E-state index in [4.69, 9.17) is 0 Å². The van der Waals surface area contributed by atoms with Gasteiger partial charge in [0, 0.05) is 6.20 Å². The normalized spacial score (nSPS) is 11.1. The van der Waals surface area contributed by atoms with Gasteiger partial charge in [-0.2, -0.15) is 0 Å². The van der Waals surface area contributed by atoms with Crippen molar-refractivity contribution < 1.29 is 27.5 Å². The Kier molecular flexibility index (Phi) is 5.93. The smallest absolute Gasteiger partial charge is 0.326 e. The average molecular weight is 378 g/mol. The third-order valence-corrected chi connectivity index (χ3v) is 4.94. The number of esters is 2. The summed E-state index contributed by atoms with van der Waals surface area (Å²) >= 11 is 0. The summed E-state index contributed by atoms with van der Waals surface area (Å²) in [7, 11) is -1.73. The maximum Gasteiger partial charge on any atom is 0.326 e. The number of pyridine rings is 1. The first kappa shape index (κ1) is 19.4. The van der Waals surface area contributed by atoms with Gasteiger partial charge in [0.2, 0.25) is 0 Å². The molecule has 1 aromatic carbocycles. The van der Waals surface area contributed by atoms with E-state index in [1.165, 1.54) is 30.5 Å². The van der Waals surface area contributed by atoms with Crippen molar-refractivity contribution in [3.05, 3.63) is 53.9 Å². The Labute approximate surface area is 151 Å². The van der Waals surface area contributed by atoms with Crippen LogP contribution in [0.15, 0.2) is 47.5 Å². The maximum absolute atomic E-state index is 12.6. The van der Waals surface area contributed by atoms with Crippen LogP contribution < -0.4 is 4.72 Å². The summed E-state index contributed by atoms with van der Waals surface area (Å²) in [4.78, 5) is 28.0. The molecule has 1 aromatic heterocycles. The number of benzene rings is 1. The van der Waals surface area contributed by atoms with Crippen LogP contribution in [-0.4, -0.2) is 39.6 Å². The number of sulfonamides is 1. The second-order valence-electron chi connectivity index (χ2n) is 5.33. The zero-order valence-electron chi connectivity index (χ0n) is 14.4. The molecule has 0 aliphatic carbocycles. The SMILES string of the molecule is COC(=O)C(C(=O)OC)c1ncccc1NS(=O)(=O)c1ccc(C)cc1. The van der Waals surface area contributed by atoms with E-state index in [0.717, 1.165) is 19.8 Å². The fourth-order valence-electron chi connectivity index (χ4n) is 2.21. The highest BCUT2D eigenvalue weighted by Gasteiger charge is 2.34. The lowest BCUT2D eigenvalue weighted by Crippen LogP contribution is -2.27. The number of carbonyl (C=O) groups is 2. The molecule has 0 bridgehead atoms. The number of anilines is 1. The number of rotatable bonds is 6. The number of nitrogens with one attached hydrogen (secondary N) is 1. The Morgan fingerprint density at radius 3 is 2.15 bits per heavy atom. The van der Waals surface area contributed by atoms with Crippen molar-refractivity contribution in [1.82, 2.24) is 4.98 Å². The predicted octanol–water partition coefficient (Wildman–Crippen LogP) is 1.62. The van der Waals surface area contributed by atoms with Gasteiger partial charge < -0.3 is 9.47 Å². The van der Waals surface area contributed by atoms with Crippen molar-refractivity contribution in [3.8, 4) is 0 Å². The second-order valence-corrected chi connectivity index (χ2v) is 7.02. The topological polar surface area (TPSA) is 112 Å². The number of carbonyl (C=O) groups excluding carboxylic acids is 2. The summed E-state index contributed by atoms with van der Waals surface area (Å²) in [6, 6.07) is 9.08. The van der Waals surface area contributed by atoms with Crippen LogP contribution in [0.2, 0.25) is 0 Å². The summed E-state index contributed by atoms with van der Waals surface area (Å²) in [5.74, 6) is -3.33. The fraction of sp³-hybridized carbons (Fsp3) is 0.235. The lowest BCUT2D eigenvalue weighted by atomic mass is 10.0. The van der Waals surface area contributed by atoms with Gasteiger partial charge in [0.1, 0.15) is 0 Å². The Morgan fingerprint density at radius 2 is 1.62 bits per heavy atom. The molecule has 26 heavy (non-hydrogen) atoms. The van der Waals surface area contributed by atoms with Crippen molar-refractivity contribution in [1.29, 1.82) is 0 Å². The largest absolute Gasteiger partial charge is 0.468 e. The lowest BCUT2D eigenvalue weighted by molar-refractivity contribution is -0.154. The molecule has 0 spiro atoms. The standard InChI is InChI=1S/C17H18N2O6S/c1-11-6-8-12(9-7-11)26(22,23)19-13-5-4-10-18-15(13)14(16(20)24-2)17(21)25-3/h4-10,14,19H,1-3H3. The van der Waals surface area contributed by atoms with Crippen molar-refractivity contribution in [2.75, 3.05) is 18.9 Å². The summed E-state index contributed by atoms with van der Waals surface area (Å²) in [6.07, 6.45) is 1.33. The van der Waals surface area contributed by atoms with Crippen LogP contribution in [0.4, 0.5) is 5.69 Å². The Morgan fingerprint density at radius 1 is 1.04 bits per heavy atom. The molecule has 0 unspecified atom stereocenters. The molecular formula is C17H18N2O6S.